The summed E-state index contributed by atoms with van der Waals surface area (Å²) in [6.07, 6.45) is 0. The summed E-state index contributed by atoms with van der Waals surface area (Å²) in [6.45, 7) is 3.69. The molecule has 1 rings (SSSR count). The third-order valence-electron chi connectivity index (χ3n) is 2.38. The van der Waals surface area contributed by atoms with Gasteiger partial charge in [-0.25, -0.2) is 4.98 Å². The summed E-state index contributed by atoms with van der Waals surface area (Å²) in [4.78, 5) is 27.8. The molecule has 0 aliphatic heterocycles. The van der Waals surface area contributed by atoms with Crippen molar-refractivity contribution < 1.29 is 9.59 Å². The van der Waals surface area contributed by atoms with Crippen LogP contribution in [-0.4, -0.2) is 29.4 Å². The lowest BCUT2D eigenvalue weighted by atomic mass is 10.2. The van der Waals surface area contributed by atoms with E-state index in [0.29, 0.717) is 11.5 Å². The number of carbonyl (C=O) groups excluding carboxylic acids is 2. The van der Waals surface area contributed by atoms with Crippen LogP contribution < -0.4 is 22.1 Å². The molecule has 6 N–H and O–H groups in total. The van der Waals surface area contributed by atoms with Crippen LogP contribution in [0.15, 0.2) is 12.1 Å². The maximum absolute atomic E-state index is 11.1. The lowest BCUT2D eigenvalue weighted by Gasteiger charge is -2.27. The average Bonchev–Trinajstić information content (AvgIpc) is 2.26. The molecule has 1 aromatic heterocycles. The van der Waals surface area contributed by atoms with Crippen LogP contribution in [-0.2, 0) is 4.79 Å². The van der Waals surface area contributed by atoms with Crippen LogP contribution in [0.4, 0.5) is 11.5 Å². The Morgan fingerprint density at radius 1 is 1.33 bits per heavy atom. The molecule has 0 saturated heterocycles. The molecule has 0 atom stereocenters. The van der Waals surface area contributed by atoms with E-state index in [0.717, 1.165) is 0 Å². The quantitative estimate of drug-likeness (QED) is 0.647. The van der Waals surface area contributed by atoms with E-state index in [9.17, 15) is 9.59 Å². The van der Waals surface area contributed by atoms with E-state index in [-0.39, 0.29) is 18.3 Å². The maximum atomic E-state index is 11.1. The van der Waals surface area contributed by atoms with Crippen LogP contribution in [0.5, 0.6) is 0 Å². The van der Waals surface area contributed by atoms with Gasteiger partial charge in [0.05, 0.1) is 12.2 Å². The van der Waals surface area contributed by atoms with Crippen molar-refractivity contribution >= 4 is 23.3 Å². The second-order valence-electron chi connectivity index (χ2n) is 4.16. The van der Waals surface area contributed by atoms with E-state index in [2.05, 4.69) is 4.98 Å². The number of hydrogen-bond donors (Lipinski definition) is 3. The van der Waals surface area contributed by atoms with Gasteiger partial charge in [-0.3, -0.25) is 9.59 Å². The van der Waals surface area contributed by atoms with Gasteiger partial charge in [0.25, 0.3) is 5.91 Å². The zero-order valence-corrected chi connectivity index (χ0v) is 10.4. The highest BCUT2D eigenvalue weighted by molar-refractivity contribution is 5.92. The first kappa shape index (κ1) is 13.8. The summed E-state index contributed by atoms with van der Waals surface area (Å²) in [6, 6.07) is 2.92. The minimum Gasteiger partial charge on any atom is -0.396 e. The third-order valence-corrected chi connectivity index (χ3v) is 2.38. The Kier molecular flexibility index (Phi) is 4.09. The lowest BCUT2D eigenvalue weighted by Crippen LogP contribution is -2.39. The van der Waals surface area contributed by atoms with Crippen LogP contribution in [0.25, 0.3) is 0 Å². The van der Waals surface area contributed by atoms with Gasteiger partial charge in [-0.1, -0.05) is 0 Å². The van der Waals surface area contributed by atoms with Gasteiger partial charge in [0, 0.05) is 6.04 Å². The van der Waals surface area contributed by atoms with Crippen molar-refractivity contribution in [2.45, 2.75) is 19.9 Å². The molecular weight excluding hydrogens is 234 g/mol. The van der Waals surface area contributed by atoms with E-state index in [4.69, 9.17) is 17.2 Å². The molecule has 0 spiro atoms. The molecule has 1 aromatic rings. The lowest BCUT2D eigenvalue weighted by molar-refractivity contribution is -0.116. The minimum atomic E-state index is -0.654. The summed E-state index contributed by atoms with van der Waals surface area (Å²) in [5, 5.41) is 0. The van der Waals surface area contributed by atoms with Crippen molar-refractivity contribution in [3.63, 3.8) is 0 Å². The number of rotatable bonds is 5. The van der Waals surface area contributed by atoms with Crippen molar-refractivity contribution in [1.82, 2.24) is 4.98 Å². The molecular formula is C11H17N5O2. The zero-order valence-electron chi connectivity index (χ0n) is 10.4. The van der Waals surface area contributed by atoms with Crippen LogP contribution in [0.2, 0.25) is 0 Å². The molecule has 0 saturated carbocycles. The van der Waals surface area contributed by atoms with Gasteiger partial charge >= 0.3 is 0 Å². The monoisotopic (exact) mass is 251 g/mol. The number of hydrogen-bond acceptors (Lipinski definition) is 5. The summed E-state index contributed by atoms with van der Waals surface area (Å²) in [5.41, 5.74) is 16.6. The molecule has 0 unspecified atom stereocenters. The maximum Gasteiger partial charge on any atom is 0.267 e. The van der Waals surface area contributed by atoms with Gasteiger partial charge in [0.1, 0.15) is 5.69 Å². The van der Waals surface area contributed by atoms with Gasteiger partial charge in [0.2, 0.25) is 5.91 Å². The average molecular weight is 251 g/mol. The summed E-state index contributed by atoms with van der Waals surface area (Å²) < 4.78 is 0. The van der Waals surface area contributed by atoms with Crippen LogP contribution in [0.1, 0.15) is 24.3 Å². The highest BCUT2D eigenvalue weighted by Crippen LogP contribution is 2.22. The normalized spacial score (nSPS) is 10.4. The fourth-order valence-corrected chi connectivity index (χ4v) is 1.50. The number of pyridine rings is 1. The van der Waals surface area contributed by atoms with Crippen molar-refractivity contribution in [1.29, 1.82) is 0 Å². The number of amides is 2. The molecule has 0 aliphatic carbocycles. The van der Waals surface area contributed by atoms with E-state index in [1.54, 1.807) is 4.90 Å². The largest absolute Gasteiger partial charge is 0.396 e. The molecule has 2 amide bonds. The van der Waals surface area contributed by atoms with Gasteiger partial charge in [0.15, 0.2) is 5.82 Å². The predicted molar refractivity (Wildman–Crippen MR) is 68.8 cm³/mol. The SMILES string of the molecule is CC(C)N(CC(N)=O)c1nc(C(N)=O)ccc1N. The Hall–Kier alpha value is -2.31. The highest BCUT2D eigenvalue weighted by Gasteiger charge is 2.18. The van der Waals surface area contributed by atoms with Crippen LogP contribution in [0.3, 0.4) is 0 Å². The standard InChI is InChI=1S/C11H17N5O2/c1-6(2)16(5-9(13)17)11-7(12)3-4-8(15-11)10(14)18/h3-4,6H,5,12H2,1-2H3,(H2,13,17)(H2,14,18). The first-order valence-corrected chi connectivity index (χ1v) is 5.44. The number of nitrogens with two attached hydrogens (primary N) is 3. The Morgan fingerprint density at radius 2 is 1.94 bits per heavy atom. The van der Waals surface area contributed by atoms with E-state index in [1.165, 1.54) is 12.1 Å². The van der Waals surface area contributed by atoms with E-state index >= 15 is 0 Å². The van der Waals surface area contributed by atoms with E-state index < -0.39 is 11.8 Å². The van der Waals surface area contributed by atoms with Gasteiger partial charge in [-0.15, -0.1) is 0 Å². The highest BCUT2D eigenvalue weighted by atomic mass is 16.1. The number of nitrogen functional groups attached to an aromatic ring is 1. The fraction of sp³-hybridized carbons (Fsp3) is 0.364. The van der Waals surface area contributed by atoms with Gasteiger partial charge in [-0.2, -0.15) is 0 Å². The van der Waals surface area contributed by atoms with Crippen molar-refractivity contribution in [2.24, 2.45) is 11.5 Å². The molecule has 7 heteroatoms. The van der Waals surface area contributed by atoms with Crippen molar-refractivity contribution in [3.8, 4) is 0 Å². The number of carbonyl (C=O) groups is 2. The first-order chi connectivity index (χ1) is 8.32. The molecule has 0 bridgehead atoms. The molecule has 7 nitrogen and oxygen atoms in total. The van der Waals surface area contributed by atoms with Gasteiger partial charge < -0.3 is 22.1 Å². The first-order valence-electron chi connectivity index (χ1n) is 5.44. The molecule has 98 valence electrons. The summed E-state index contributed by atoms with van der Waals surface area (Å²) in [7, 11) is 0. The molecule has 0 aliphatic rings. The number of aromatic nitrogens is 1. The summed E-state index contributed by atoms with van der Waals surface area (Å²) in [5.74, 6) is -0.825. The van der Waals surface area contributed by atoms with Crippen molar-refractivity contribution in [3.05, 3.63) is 17.8 Å². The smallest absolute Gasteiger partial charge is 0.267 e. The molecule has 0 aromatic carbocycles. The summed E-state index contributed by atoms with van der Waals surface area (Å²) >= 11 is 0. The van der Waals surface area contributed by atoms with Crippen molar-refractivity contribution in [2.75, 3.05) is 17.2 Å². The topological polar surface area (TPSA) is 128 Å². The second kappa shape index (κ2) is 5.35. The Labute approximate surface area is 105 Å². The Balaban J connectivity index is 3.21. The van der Waals surface area contributed by atoms with Gasteiger partial charge in [-0.05, 0) is 26.0 Å². The third kappa shape index (κ3) is 3.09. The molecule has 1 heterocycles. The molecule has 18 heavy (non-hydrogen) atoms. The number of primary amides is 2. The zero-order chi connectivity index (χ0) is 13.9. The molecule has 0 radical (unpaired) electrons. The number of nitrogens with zero attached hydrogens (tertiary/aromatic N) is 2. The molecule has 0 fully saturated rings. The predicted octanol–water partition coefficient (Wildman–Crippen LogP) is -0.537. The number of anilines is 2. The van der Waals surface area contributed by atoms with E-state index in [1.807, 2.05) is 13.8 Å². The Morgan fingerprint density at radius 3 is 2.39 bits per heavy atom. The van der Waals surface area contributed by atoms with Crippen LogP contribution >= 0.6 is 0 Å². The Bertz CT molecular complexity index is 473. The second-order valence-corrected chi connectivity index (χ2v) is 4.16. The minimum absolute atomic E-state index is 0.0307. The fourth-order valence-electron chi connectivity index (χ4n) is 1.50. The van der Waals surface area contributed by atoms with Crippen LogP contribution in [0, 0.1) is 0 Å².